The minimum atomic E-state index is 0.0629. The summed E-state index contributed by atoms with van der Waals surface area (Å²) >= 11 is 2.00. The molecule has 1 aliphatic rings. The fraction of sp³-hybridized carbons (Fsp3) is 0.545. The summed E-state index contributed by atoms with van der Waals surface area (Å²) in [7, 11) is 2.10. The molecule has 0 spiro atoms. The molecular weight excluding hydrogens is 208 g/mol. The number of thioether (sulfide) groups is 1. The Kier molecular flexibility index (Phi) is 3.49. The second-order valence-electron chi connectivity index (χ2n) is 3.79. The Bertz CT molecular complexity index is 326. The van der Waals surface area contributed by atoms with Crippen LogP contribution >= 0.6 is 11.8 Å². The molecule has 0 saturated carbocycles. The highest BCUT2D eigenvalue weighted by atomic mass is 32.2. The topological polar surface area (TPSA) is 36.4 Å². The number of hydrogen-bond acceptors (Lipinski definition) is 4. The highest BCUT2D eigenvalue weighted by Gasteiger charge is 2.21. The fourth-order valence-corrected chi connectivity index (χ4v) is 3.18. The second kappa shape index (κ2) is 4.86. The first-order valence-electron chi connectivity index (χ1n) is 5.17. The van der Waals surface area contributed by atoms with Crippen LogP contribution in [0.5, 0.6) is 0 Å². The van der Waals surface area contributed by atoms with Crippen LogP contribution in [0, 0.1) is 0 Å². The van der Waals surface area contributed by atoms with E-state index in [9.17, 15) is 5.11 Å². The number of anilines is 1. The number of aliphatic hydroxyl groups excluding tert-OH is 1. The van der Waals surface area contributed by atoms with Crippen molar-refractivity contribution in [1.82, 2.24) is 4.98 Å². The molecule has 1 N–H and O–H groups in total. The van der Waals surface area contributed by atoms with E-state index in [4.69, 9.17) is 0 Å². The molecule has 0 aromatic carbocycles. The van der Waals surface area contributed by atoms with E-state index in [2.05, 4.69) is 16.9 Å². The lowest BCUT2D eigenvalue weighted by Crippen LogP contribution is -2.32. The molecule has 0 aliphatic carbocycles. The number of pyridine rings is 1. The first kappa shape index (κ1) is 10.8. The Balaban J connectivity index is 2.19. The summed E-state index contributed by atoms with van der Waals surface area (Å²) in [6.07, 6.45) is 4.76. The van der Waals surface area contributed by atoms with Crippen LogP contribution in [0.25, 0.3) is 0 Å². The smallest absolute Gasteiger partial charge is 0.0717 e. The van der Waals surface area contributed by atoms with Gasteiger partial charge in [0.1, 0.15) is 0 Å². The van der Waals surface area contributed by atoms with Gasteiger partial charge in [0.15, 0.2) is 0 Å². The third-order valence-corrected chi connectivity index (χ3v) is 4.03. The predicted molar refractivity (Wildman–Crippen MR) is 64.3 cm³/mol. The number of aromatic nitrogens is 1. The summed E-state index contributed by atoms with van der Waals surface area (Å²) in [5, 5.41) is 9.24. The summed E-state index contributed by atoms with van der Waals surface area (Å²) < 4.78 is 0. The molecule has 2 rings (SSSR count). The van der Waals surface area contributed by atoms with E-state index >= 15 is 0 Å². The average molecular weight is 224 g/mol. The Hall–Kier alpha value is -0.740. The molecule has 0 amide bonds. The van der Waals surface area contributed by atoms with Gasteiger partial charge in [0.2, 0.25) is 0 Å². The molecule has 1 aromatic heterocycles. The lowest BCUT2D eigenvalue weighted by atomic mass is 10.1. The van der Waals surface area contributed by atoms with E-state index in [0.717, 1.165) is 11.3 Å². The Morgan fingerprint density at radius 2 is 2.53 bits per heavy atom. The van der Waals surface area contributed by atoms with Gasteiger partial charge in [-0.15, -0.1) is 0 Å². The van der Waals surface area contributed by atoms with Crippen LogP contribution in [0.1, 0.15) is 12.0 Å². The standard InChI is InChI=1S/C11H16N2OS/c1-13(10-3-5-15-8-10)11-2-4-12-6-9(11)7-14/h2,4,6,10,14H,3,5,7-8H2,1H3. The zero-order chi connectivity index (χ0) is 10.7. The van der Waals surface area contributed by atoms with E-state index in [1.165, 1.54) is 17.9 Å². The van der Waals surface area contributed by atoms with Gasteiger partial charge >= 0.3 is 0 Å². The predicted octanol–water partition coefficient (Wildman–Crippen LogP) is 1.52. The molecule has 1 fully saturated rings. The molecule has 3 nitrogen and oxygen atoms in total. The molecule has 1 atom stereocenters. The first-order chi connectivity index (χ1) is 7.33. The zero-order valence-corrected chi connectivity index (χ0v) is 9.70. The molecule has 4 heteroatoms. The highest BCUT2D eigenvalue weighted by molar-refractivity contribution is 7.99. The van der Waals surface area contributed by atoms with Crippen LogP contribution in [-0.4, -0.2) is 34.7 Å². The van der Waals surface area contributed by atoms with Crippen LogP contribution in [0.4, 0.5) is 5.69 Å². The van der Waals surface area contributed by atoms with Crippen molar-refractivity contribution in [2.45, 2.75) is 19.1 Å². The van der Waals surface area contributed by atoms with Crippen molar-refractivity contribution in [3.8, 4) is 0 Å². The number of nitrogens with zero attached hydrogens (tertiary/aromatic N) is 2. The number of rotatable bonds is 3. The molecule has 2 heterocycles. The minimum Gasteiger partial charge on any atom is -0.392 e. The molecule has 82 valence electrons. The fourth-order valence-electron chi connectivity index (χ4n) is 1.91. The van der Waals surface area contributed by atoms with Crippen molar-refractivity contribution in [2.75, 3.05) is 23.5 Å². The highest BCUT2D eigenvalue weighted by Crippen LogP contribution is 2.27. The van der Waals surface area contributed by atoms with Crippen molar-refractivity contribution < 1.29 is 5.11 Å². The molecule has 15 heavy (non-hydrogen) atoms. The summed E-state index contributed by atoms with van der Waals surface area (Å²) in [5.74, 6) is 2.43. The Labute approximate surface area is 94.5 Å². The maximum Gasteiger partial charge on any atom is 0.0717 e. The minimum absolute atomic E-state index is 0.0629. The van der Waals surface area contributed by atoms with Gasteiger partial charge in [0.05, 0.1) is 6.61 Å². The van der Waals surface area contributed by atoms with Gasteiger partial charge in [-0.25, -0.2) is 0 Å². The molecule has 0 radical (unpaired) electrons. The van der Waals surface area contributed by atoms with E-state index in [1.54, 1.807) is 12.4 Å². The van der Waals surface area contributed by atoms with Crippen molar-refractivity contribution in [3.05, 3.63) is 24.0 Å². The maximum atomic E-state index is 9.24. The molecular formula is C11H16N2OS. The lowest BCUT2D eigenvalue weighted by molar-refractivity contribution is 0.281. The summed E-state index contributed by atoms with van der Waals surface area (Å²) in [6, 6.07) is 2.58. The van der Waals surface area contributed by atoms with Gasteiger partial charge in [-0.1, -0.05) is 0 Å². The second-order valence-corrected chi connectivity index (χ2v) is 4.94. The third-order valence-electron chi connectivity index (χ3n) is 2.88. The van der Waals surface area contributed by atoms with E-state index in [1.807, 2.05) is 17.8 Å². The van der Waals surface area contributed by atoms with Gasteiger partial charge in [-0.2, -0.15) is 11.8 Å². The van der Waals surface area contributed by atoms with Crippen LogP contribution in [0.2, 0.25) is 0 Å². The van der Waals surface area contributed by atoms with E-state index in [0.29, 0.717) is 6.04 Å². The van der Waals surface area contributed by atoms with E-state index < -0.39 is 0 Å². The van der Waals surface area contributed by atoms with Crippen LogP contribution < -0.4 is 4.90 Å². The summed E-state index contributed by atoms with van der Waals surface area (Å²) in [4.78, 5) is 6.30. The van der Waals surface area contributed by atoms with Crippen molar-refractivity contribution in [3.63, 3.8) is 0 Å². The number of hydrogen-bond donors (Lipinski definition) is 1. The quantitative estimate of drug-likeness (QED) is 0.844. The van der Waals surface area contributed by atoms with Gasteiger partial charge in [0, 0.05) is 42.5 Å². The van der Waals surface area contributed by atoms with Crippen LogP contribution in [-0.2, 0) is 6.61 Å². The van der Waals surface area contributed by atoms with Crippen molar-refractivity contribution in [1.29, 1.82) is 0 Å². The molecule has 1 aromatic rings. The molecule has 1 aliphatic heterocycles. The summed E-state index contributed by atoms with van der Waals surface area (Å²) in [5.41, 5.74) is 2.02. The van der Waals surface area contributed by atoms with Gasteiger partial charge in [-0.05, 0) is 18.2 Å². The monoisotopic (exact) mass is 224 g/mol. The molecule has 0 bridgehead atoms. The van der Waals surface area contributed by atoms with Gasteiger partial charge < -0.3 is 10.0 Å². The Morgan fingerprint density at radius 1 is 1.67 bits per heavy atom. The lowest BCUT2D eigenvalue weighted by Gasteiger charge is -2.27. The largest absolute Gasteiger partial charge is 0.392 e. The van der Waals surface area contributed by atoms with Crippen molar-refractivity contribution in [2.24, 2.45) is 0 Å². The SMILES string of the molecule is CN(c1ccncc1CO)C1CCSC1. The maximum absolute atomic E-state index is 9.24. The summed E-state index contributed by atoms with van der Waals surface area (Å²) in [6.45, 7) is 0.0629. The van der Waals surface area contributed by atoms with Gasteiger partial charge in [0.25, 0.3) is 0 Å². The molecule has 1 saturated heterocycles. The van der Waals surface area contributed by atoms with Crippen LogP contribution in [0.3, 0.4) is 0 Å². The van der Waals surface area contributed by atoms with Crippen LogP contribution in [0.15, 0.2) is 18.5 Å². The number of aliphatic hydroxyl groups is 1. The van der Waals surface area contributed by atoms with Gasteiger partial charge in [-0.3, -0.25) is 4.98 Å². The first-order valence-corrected chi connectivity index (χ1v) is 6.32. The van der Waals surface area contributed by atoms with E-state index in [-0.39, 0.29) is 6.61 Å². The Morgan fingerprint density at radius 3 is 3.20 bits per heavy atom. The zero-order valence-electron chi connectivity index (χ0n) is 8.89. The average Bonchev–Trinajstić information content (AvgIpc) is 2.81. The third kappa shape index (κ3) is 2.26. The normalized spacial score (nSPS) is 20.5. The molecule has 1 unspecified atom stereocenters. The van der Waals surface area contributed by atoms with Crippen molar-refractivity contribution >= 4 is 17.4 Å².